The number of phenolic OH excluding ortho intramolecular Hbond substituents is 1. The molecule has 3 heterocycles. The van der Waals surface area contributed by atoms with E-state index in [1.165, 1.54) is 28.0 Å². The lowest BCUT2D eigenvalue weighted by Gasteiger charge is -2.22. The van der Waals surface area contributed by atoms with Crippen LogP contribution in [0, 0.1) is 13.8 Å². The summed E-state index contributed by atoms with van der Waals surface area (Å²) >= 11 is 2.81. The Hall–Kier alpha value is -3.95. The summed E-state index contributed by atoms with van der Waals surface area (Å²) in [7, 11) is 0. The topological polar surface area (TPSA) is 96.5 Å². The molecule has 9 heteroatoms. The molecule has 1 atom stereocenters. The van der Waals surface area contributed by atoms with Crippen LogP contribution in [0.3, 0.4) is 0 Å². The third-order valence-corrected chi connectivity index (χ3v) is 8.61. The lowest BCUT2D eigenvalue weighted by molar-refractivity contribution is 0.0970. The molecule has 1 aliphatic rings. The third-order valence-electron chi connectivity index (χ3n) is 6.48. The number of phenols is 1. The summed E-state index contributed by atoms with van der Waals surface area (Å²) in [4.78, 5) is 29.0. The molecule has 7 nitrogen and oxygen atoms in total. The zero-order chi connectivity index (χ0) is 25.7. The highest BCUT2D eigenvalue weighted by molar-refractivity contribution is 8.00. The lowest BCUT2D eigenvalue weighted by atomic mass is 9.97. The maximum atomic E-state index is 13.8. The van der Waals surface area contributed by atoms with Gasteiger partial charge in [-0.25, -0.2) is 0 Å². The molecule has 0 spiro atoms. The molecule has 1 amide bonds. The SMILES string of the molecule is Cc1cc2oc3c(c(=O)c2cc1C)C(c1cccc(O)c1)N(c1nnc(SCc2ccccc2)s1)C3=O. The van der Waals surface area contributed by atoms with Crippen LogP contribution in [-0.4, -0.2) is 21.2 Å². The Kier molecular flexibility index (Phi) is 5.81. The van der Waals surface area contributed by atoms with Crippen LogP contribution in [0.5, 0.6) is 5.75 Å². The largest absolute Gasteiger partial charge is 0.508 e. The molecular weight excluding hydrogens is 506 g/mol. The number of rotatable bonds is 5. The van der Waals surface area contributed by atoms with Crippen LogP contribution < -0.4 is 10.3 Å². The van der Waals surface area contributed by atoms with E-state index in [-0.39, 0.29) is 22.5 Å². The van der Waals surface area contributed by atoms with Crippen molar-refractivity contribution in [2.45, 2.75) is 30.0 Å². The standard InChI is InChI=1S/C28H21N3O4S2/c1-15-11-20-21(12-16(15)2)35-25-22(24(20)33)23(18-9-6-10-19(32)13-18)31(26(25)34)27-29-30-28(37-27)36-14-17-7-4-3-5-8-17/h3-13,23,32H,14H2,1-2H3. The first-order valence-corrected chi connectivity index (χ1v) is 13.4. The number of thioether (sulfide) groups is 1. The van der Waals surface area contributed by atoms with E-state index >= 15 is 0 Å². The number of fused-ring (bicyclic) bond motifs is 2. The number of nitrogens with zero attached hydrogens (tertiary/aromatic N) is 3. The molecule has 0 saturated heterocycles. The molecule has 1 aliphatic heterocycles. The van der Waals surface area contributed by atoms with Crippen molar-refractivity contribution in [2.24, 2.45) is 0 Å². The van der Waals surface area contributed by atoms with Crippen LogP contribution in [0.25, 0.3) is 11.0 Å². The maximum absolute atomic E-state index is 13.8. The van der Waals surface area contributed by atoms with Gasteiger partial charge in [-0.1, -0.05) is 65.6 Å². The number of amides is 1. The first-order chi connectivity index (χ1) is 17.9. The van der Waals surface area contributed by atoms with Crippen molar-refractivity contribution in [1.82, 2.24) is 10.2 Å². The fourth-order valence-corrected chi connectivity index (χ4v) is 6.34. The normalized spacial score (nSPS) is 14.9. The average molecular weight is 528 g/mol. The zero-order valence-electron chi connectivity index (χ0n) is 20.0. The van der Waals surface area contributed by atoms with Gasteiger partial charge in [0.25, 0.3) is 5.91 Å². The molecule has 0 aliphatic carbocycles. The molecule has 0 bridgehead atoms. The van der Waals surface area contributed by atoms with Crippen LogP contribution in [0.15, 0.2) is 80.3 Å². The van der Waals surface area contributed by atoms with Crippen molar-refractivity contribution in [3.05, 3.63) is 111 Å². The van der Waals surface area contributed by atoms with E-state index in [2.05, 4.69) is 10.2 Å². The van der Waals surface area contributed by atoms with Gasteiger partial charge < -0.3 is 9.52 Å². The van der Waals surface area contributed by atoms with Crippen molar-refractivity contribution < 1.29 is 14.3 Å². The highest BCUT2D eigenvalue weighted by Crippen LogP contribution is 2.44. The lowest BCUT2D eigenvalue weighted by Crippen LogP contribution is -2.29. The highest BCUT2D eigenvalue weighted by Gasteiger charge is 2.45. The zero-order valence-corrected chi connectivity index (χ0v) is 21.6. The minimum atomic E-state index is -0.809. The van der Waals surface area contributed by atoms with Gasteiger partial charge in [-0.05, 0) is 60.4 Å². The van der Waals surface area contributed by atoms with Crippen LogP contribution in [-0.2, 0) is 5.75 Å². The van der Waals surface area contributed by atoms with Gasteiger partial charge in [-0.15, -0.1) is 10.2 Å². The quantitative estimate of drug-likeness (QED) is 0.221. The van der Waals surface area contributed by atoms with Gasteiger partial charge in [0.15, 0.2) is 9.77 Å². The number of hydrogen-bond donors (Lipinski definition) is 1. The molecule has 5 aromatic rings. The number of anilines is 1. The molecule has 0 radical (unpaired) electrons. The summed E-state index contributed by atoms with van der Waals surface area (Å²) in [5.74, 6) is 0.273. The van der Waals surface area contributed by atoms with Gasteiger partial charge in [-0.2, -0.15) is 0 Å². The van der Waals surface area contributed by atoms with Crippen molar-refractivity contribution in [1.29, 1.82) is 0 Å². The summed E-state index contributed by atoms with van der Waals surface area (Å²) in [6.07, 6.45) is 0. The first kappa shape index (κ1) is 23.4. The van der Waals surface area contributed by atoms with Crippen LogP contribution in [0.2, 0.25) is 0 Å². The summed E-state index contributed by atoms with van der Waals surface area (Å²) < 4.78 is 6.78. The summed E-state index contributed by atoms with van der Waals surface area (Å²) in [6.45, 7) is 3.86. The monoisotopic (exact) mass is 527 g/mol. The molecule has 0 fully saturated rings. The Morgan fingerprint density at radius 3 is 2.57 bits per heavy atom. The van der Waals surface area contributed by atoms with Gasteiger partial charge >= 0.3 is 0 Å². The molecule has 1 N–H and O–H groups in total. The molecule has 1 unspecified atom stereocenters. The van der Waals surface area contributed by atoms with Crippen molar-refractivity contribution >= 4 is 45.1 Å². The van der Waals surface area contributed by atoms with Crippen molar-refractivity contribution in [3.8, 4) is 5.75 Å². The summed E-state index contributed by atoms with van der Waals surface area (Å²) in [5, 5.41) is 19.6. The predicted octanol–water partition coefficient (Wildman–Crippen LogP) is 6.01. The summed E-state index contributed by atoms with van der Waals surface area (Å²) in [6, 6.07) is 19.3. The number of aryl methyl sites for hydroxylation is 2. The fraction of sp³-hybridized carbons (Fsp3) is 0.143. The van der Waals surface area contributed by atoms with Gasteiger partial charge in [0.2, 0.25) is 10.9 Å². The Balaban J connectivity index is 1.47. The molecule has 184 valence electrons. The second kappa shape index (κ2) is 9.17. The van der Waals surface area contributed by atoms with E-state index in [0.717, 1.165) is 16.7 Å². The van der Waals surface area contributed by atoms with Crippen molar-refractivity contribution in [3.63, 3.8) is 0 Å². The second-order valence-electron chi connectivity index (χ2n) is 8.90. The van der Waals surface area contributed by atoms with E-state index in [0.29, 0.717) is 31.8 Å². The molecule has 3 aromatic carbocycles. The molecule has 6 rings (SSSR count). The van der Waals surface area contributed by atoms with E-state index in [1.807, 2.05) is 44.2 Å². The Bertz CT molecular complexity index is 1730. The average Bonchev–Trinajstić information content (AvgIpc) is 3.47. The third kappa shape index (κ3) is 4.10. The Morgan fingerprint density at radius 2 is 1.78 bits per heavy atom. The van der Waals surface area contributed by atoms with Crippen LogP contribution in [0.1, 0.15) is 44.4 Å². The van der Waals surface area contributed by atoms with Crippen LogP contribution in [0.4, 0.5) is 5.13 Å². The van der Waals surface area contributed by atoms with E-state index in [9.17, 15) is 14.7 Å². The Morgan fingerprint density at radius 1 is 1.00 bits per heavy atom. The predicted molar refractivity (Wildman–Crippen MR) is 145 cm³/mol. The first-order valence-electron chi connectivity index (χ1n) is 11.6. The van der Waals surface area contributed by atoms with E-state index in [4.69, 9.17) is 4.42 Å². The Labute approximate surface area is 220 Å². The maximum Gasteiger partial charge on any atom is 0.297 e. The number of benzene rings is 3. The molecule has 2 aromatic heterocycles. The number of hydrogen-bond acceptors (Lipinski definition) is 8. The van der Waals surface area contributed by atoms with Crippen molar-refractivity contribution in [2.75, 3.05) is 4.90 Å². The minimum absolute atomic E-state index is 0.0113. The number of carbonyl (C=O) groups is 1. The highest BCUT2D eigenvalue weighted by atomic mass is 32.2. The number of aromatic hydroxyl groups is 1. The summed E-state index contributed by atoms with van der Waals surface area (Å²) in [5.41, 5.74) is 3.99. The second-order valence-corrected chi connectivity index (χ2v) is 11.1. The van der Waals surface area contributed by atoms with Gasteiger partial charge in [0.05, 0.1) is 17.0 Å². The fourth-order valence-electron chi connectivity index (χ4n) is 4.51. The van der Waals surface area contributed by atoms with Crippen LogP contribution >= 0.6 is 23.1 Å². The molecule has 37 heavy (non-hydrogen) atoms. The smallest absolute Gasteiger partial charge is 0.297 e. The molecular formula is C28H21N3O4S2. The number of carbonyl (C=O) groups excluding carboxylic acids is 1. The molecule has 0 saturated carbocycles. The van der Waals surface area contributed by atoms with Gasteiger partial charge in [-0.3, -0.25) is 14.5 Å². The van der Waals surface area contributed by atoms with Gasteiger partial charge in [0, 0.05) is 5.75 Å². The van der Waals surface area contributed by atoms with E-state index in [1.54, 1.807) is 36.4 Å². The number of aromatic nitrogens is 2. The minimum Gasteiger partial charge on any atom is -0.508 e. The van der Waals surface area contributed by atoms with Gasteiger partial charge in [0.1, 0.15) is 11.3 Å². The van der Waals surface area contributed by atoms with E-state index < -0.39 is 11.9 Å².